The van der Waals surface area contributed by atoms with Gasteiger partial charge in [0.2, 0.25) is 0 Å². The monoisotopic (exact) mass is 269 g/mol. The summed E-state index contributed by atoms with van der Waals surface area (Å²) in [4.78, 5) is 0. The SMILES string of the molecule is NCC1(CCOc2ccc(Br)cc2)CC1. The third kappa shape index (κ3) is 2.95. The Labute approximate surface area is 98.9 Å². The maximum absolute atomic E-state index is 5.71. The fourth-order valence-electron chi connectivity index (χ4n) is 1.65. The highest BCUT2D eigenvalue weighted by atomic mass is 79.9. The van der Waals surface area contributed by atoms with Crippen molar-refractivity contribution in [3.8, 4) is 5.75 Å². The summed E-state index contributed by atoms with van der Waals surface area (Å²) in [6.07, 6.45) is 3.62. The molecule has 0 aliphatic heterocycles. The van der Waals surface area contributed by atoms with Crippen molar-refractivity contribution in [2.75, 3.05) is 13.2 Å². The van der Waals surface area contributed by atoms with Gasteiger partial charge in [-0.3, -0.25) is 0 Å². The second kappa shape index (κ2) is 4.54. The van der Waals surface area contributed by atoms with Crippen LogP contribution in [0.15, 0.2) is 28.7 Å². The van der Waals surface area contributed by atoms with Crippen LogP contribution in [0.5, 0.6) is 5.75 Å². The van der Waals surface area contributed by atoms with E-state index in [1.807, 2.05) is 24.3 Å². The van der Waals surface area contributed by atoms with Gasteiger partial charge in [-0.05, 0) is 55.5 Å². The van der Waals surface area contributed by atoms with Crippen molar-refractivity contribution in [2.24, 2.45) is 11.1 Å². The van der Waals surface area contributed by atoms with E-state index in [-0.39, 0.29) is 0 Å². The molecule has 0 bridgehead atoms. The Bertz CT molecular complexity index is 319. The topological polar surface area (TPSA) is 35.2 Å². The lowest BCUT2D eigenvalue weighted by Crippen LogP contribution is -2.18. The van der Waals surface area contributed by atoms with Crippen LogP contribution in [0, 0.1) is 5.41 Å². The molecule has 0 heterocycles. The molecule has 82 valence electrons. The Hall–Kier alpha value is -0.540. The minimum absolute atomic E-state index is 0.412. The van der Waals surface area contributed by atoms with E-state index in [1.54, 1.807) is 0 Å². The molecule has 2 rings (SSSR count). The number of ether oxygens (including phenoxy) is 1. The van der Waals surface area contributed by atoms with Crippen LogP contribution in [0.1, 0.15) is 19.3 Å². The third-order valence-corrected chi connectivity index (χ3v) is 3.63. The predicted octanol–water partition coefficient (Wildman–Crippen LogP) is 2.96. The van der Waals surface area contributed by atoms with Crippen LogP contribution in [-0.4, -0.2) is 13.2 Å². The van der Waals surface area contributed by atoms with E-state index in [0.717, 1.165) is 29.8 Å². The lowest BCUT2D eigenvalue weighted by Gasteiger charge is -2.12. The van der Waals surface area contributed by atoms with Crippen LogP contribution in [0.25, 0.3) is 0 Å². The molecular weight excluding hydrogens is 254 g/mol. The summed E-state index contributed by atoms with van der Waals surface area (Å²) in [6.45, 7) is 1.58. The van der Waals surface area contributed by atoms with Crippen molar-refractivity contribution in [1.82, 2.24) is 0 Å². The summed E-state index contributed by atoms with van der Waals surface area (Å²) in [5.74, 6) is 0.936. The van der Waals surface area contributed by atoms with Crippen molar-refractivity contribution < 1.29 is 4.74 Å². The van der Waals surface area contributed by atoms with Crippen molar-refractivity contribution in [1.29, 1.82) is 0 Å². The van der Waals surface area contributed by atoms with Gasteiger partial charge in [0.1, 0.15) is 5.75 Å². The summed E-state index contributed by atoms with van der Waals surface area (Å²) in [5, 5.41) is 0. The number of benzene rings is 1. The van der Waals surface area contributed by atoms with Crippen LogP contribution < -0.4 is 10.5 Å². The summed E-state index contributed by atoms with van der Waals surface area (Å²) in [7, 11) is 0. The minimum atomic E-state index is 0.412. The van der Waals surface area contributed by atoms with Gasteiger partial charge in [0.25, 0.3) is 0 Å². The molecule has 0 atom stereocenters. The van der Waals surface area contributed by atoms with Crippen molar-refractivity contribution in [2.45, 2.75) is 19.3 Å². The molecule has 0 radical (unpaired) electrons. The molecule has 3 heteroatoms. The van der Waals surface area contributed by atoms with Crippen LogP contribution in [0.3, 0.4) is 0 Å². The van der Waals surface area contributed by atoms with Crippen LogP contribution in [0.4, 0.5) is 0 Å². The fourth-order valence-corrected chi connectivity index (χ4v) is 1.91. The van der Waals surface area contributed by atoms with E-state index < -0.39 is 0 Å². The third-order valence-electron chi connectivity index (χ3n) is 3.10. The quantitative estimate of drug-likeness (QED) is 0.892. The Kier molecular flexibility index (Phi) is 3.32. The Morgan fingerprint density at radius 1 is 1.27 bits per heavy atom. The van der Waals surface area contributed by atoms with E-state index in [1.165, 1.54) is 12.8 Å². The second-order valence-electron chi connectivity index (χ2n) is 4.26. The second-order valence-corrected chi connectivity index (χ2v) is 5.17. The minimum Gasteiger partial charge on any atom is -0.494 e. The average molecular weight is 270 g/mol. The van der Waals surface area contributed by atoms with E-state index in [9.17, 15) is 0 Å². The Balaban J connectivity index is 1.76. The van der Waals surface area contributed by atoms with Gasteiger partial charge >= 0.3 is 0 Å². The molecule has 0 aromatic heterocycles. The first-order chi connectivity index (χ1) is 7.24. The van der Waals surface area contributed by atoms with E-state index in [4.69, 9.17) is 10.5 Å². The van der Waals surface area contributed by atoms with Gasteiger partial charge in [0.15, 0.2) is 0 Å². The van der Waals surface area contributed by atoms with Gasteiger partial charge < -0.3 is 10.5 Å². The molecule has 0 spiro atoms. The summed E-state index contributed by atoms with van der Waals surface area (Å²) in [6, 6.07) is 7.94. The van der Waals surface area contributed by atoms with Crippen molar-refractivity contribution in [3.63, 3.8) is 0 Å². The fraction of sp³-hybridized carbons (Fsp3) is 0.500. The number of nitrogens with two attached hydrogens (primary N) is 1. The molecule has 0 unspecified atom stereocenters. The van der Waals surface area contributed by atoms with Gasteiger partial charge in [-0.25, -0.2) is 0 Å². The van der Waals surface area contributed by atoms with Crippen LogP contribution in [-0.2, 0) is 0 Å². The molecule has 2 N–H and O–H groups in total. The van der Waals surface area contributed by atoms with Crippen LogP contribution >= 0.6 is 15.9 Å². The molecule has 0 amide bonds. The molecule has 1 aliphatic carbocycles. The normalized spacial score (nSPS) is 17.5. The lowest BCUT2D eigenvalue weighted by atomic mass is 10.0. The first kappa shape index (κ1) is 11.0. The van der Waals surface area contributed by atoms with Crippen molar-refractivity contribution >= 4 is 15.9 Å². The van der Waals surface area contributed by atoms with Gasteiger partial charge in [-0.2, -0.15) is 0 Å². The highest BCUT2D eigenvalue weighted by Gasteiger charge is 2.40. The Morgan fingerprint density at radius 3 is 2.47 bits per heavy atom. The molecule has 1 fully saturated rings. The smallest absolute Gasteiger partial charge is 0.119 e. The maximum Gasteiger partial charge on any atom is 0.119 e. The van der Waals surface area contributed by atoms with E-state index in [2.05, 4.69) is 15.9 Å². The van der Waals surface area contributed by atoms with E-state index in [0.29, 0.717) is 5.41 Å². The van der Waals surface area contributed by atoms with E-state index >= 15 is 0 Å². The van der Waals surface area contributed by atoms with Crippen LogP contribution in [0.2, 0.25) is 0 Å². The summed E-state index contributed by atoms with van der Waals surface area (Å²) in [5.41, 5.74) is 6.12. The zero-order valence-electron chi connectivity index (χ0n) is 8.71. The molecule has 1 aromatic rings. The molecule has 1 aromatic carbocycles. The average Bonchev–Trinajstić information content (AvgIpc) is 3.02. The molecule has 1 aliphatic rings. The van der Waals surface area contributed by atoms with Gasteiger partial charge in [0, 0.05) is 4.47 Å². The standard InChI is InChI=1S/C12H16BrNO/c13-10-1-3-11(4-2-10)15-8-7-12(9-14)5-6-12/h1-4H,5-9,14H2. The zero-order valence-corrected chi connectivity index (χ0v) is 10.3. The molecule has 15 heavy (non-hydrogen) atoms. The molecule has 1 saturated carbocycles. The van der Waals surface area contributed by atoms with Gasteiger partial charge in [-0.15, -0.1) is 0 Å². The number of rotatable bonds is 5. The Morgan fingerprint density at radius 2 is 1.93 bits per heavy atom. The maximum atomic E-state index is 5.71. The molecular formula is C12H16BrNO. The molecule has 0 saturated heterocycles. The van der Waals surface area contributed by atoms with Gasteiger partial charge in [-0.1, -0.05) is 15.9 Å². The molecule has 2 nitrogen and oxygen atoms in total. The number of hydrogen-bond donors (Lipinski definition) is 1. The summed E-state index contributed by atoms with van der Waals surface area (Å²) < 4.78 is 6.74. The predicted molar refractivity (Wildman–Crippen MR) is 65.0 cm³/mol. The largest absolute Gasteiger partial charge is 0.494 e. The number of halogens is 1. The van der Waals surface area contributed by atoms with Crippen molar-refractivity contribution in [3.05, 3.63) is 28.7 Å². The number of hydrogen-bond acceptors (Lipinski definition) is 2. The first-order valence-corrected chi connectivity index (χ1v) is 6.12. The zero-order chi connectivity index (χ0) is 10.7. The highest BCUT2D eigenvalue weighted by Crippen LogP contribution is 2.47. The highest BCUT2D eigenvalue weighted by molar-refractivity contribution is 9.10. The summed E-state index contributed by atoms with van der Waals surface area (Å²) >= 11 is 3.39. The lowest BCUT2D eigenvalue weighted by molar-refractivity contribution is 0.271. The van der Waals surface area contributed by atoms with Gasteiger partial charge in [0.05, 0.1) is 6.61 Å². The first-order valence-electron chi connectivity index (χ1n) is 5.33.